The molecular weight excluding hydrogens is 411 g/mol. The quantitative estimate of drug-likeness (QED) is 0.625. The van der Waals surface area contributed by atoms with Crippen LogP contribution in [0.25, 0.3) is 22.4 Å². The molecule has 0 unspecified atom stereocenters. The second kappa shape index (κ2) is 7.82. The number of nitrogens with zero attached hydrogens (tertiary/aromatic N) is 5. The molecular formula is C17H17ClF3N7O. The summed E-state index contributed by atoms with van der Waals surface area (Å²) in [7, 11) is 0. The first-order chi connectivity index (χ1) is 13.6. The fraction of sp³-hybridized carbons (Fsp3) is 0.353. The average Bonchev–Trinajstić information content (AvgIpc) is 3.02. The normalized spacial score (nSPS) is 13.1. The molecule has 1 amide bonds. The second-order valence-electron chi connectivity index (χ2n) is 6.72. The number of nitrogens with two attached hydrogens (primary N) is 1. The highest BCUT2D eigenvalue weighted by Crippen LogP contribution is 2.29. The van der Waals surface area contributed by atoms with Crippen molar-refractivity contribution in [3.8, 4) is 11.4 Å². The van der Waals surface area contributed by atoms with Gasteiger partial charge < -0.3 is 15.6 Å². The minimum atomic E-state index is -4.59. The van der Waals surface area contributed by atoms with Gasteiger partial charge in [0.2, 0.25) is 5.91 Å². The summed E-state index contributed by atoms with van der Waals surface area (Å²) in [5.41, 5.74) is 6.34. The minimum absolute atomic E-state index is 0.0527. The van der Waals surface area contributed by atoms with Crippen molar-refractivity contribution in [1.29, 1.82) is 0 Å². The predicted octanol–water partition coefficient (Wildman–Crippen LogP) is 2.95. The van der Waals surface area contributed by atoms with Gasteiger partial charge in [0, 0.05) is 23.3 Å². The summed E-state index contributed by atoms with van der Waals surface area (Å²) in [4.78, 5) is 23.9. The number of halogens is 4. The third kappa shape index (κ3) is 4.56. The molecule has 3 aromatic rings. The number of pyridine rings is 1. The maximum absolute atomic E-state index is 13.2. The third-order valence-corrected chi connectivity index (χ3v) is 4.39. The number of anilines is 1. The van der Waals surface area contributed by atoms with E-state index in [1.807, 2.05) is 0 Å². The number of fused-ring (bicyclic) bond motifs is 1. The lowest BCUT2D eigenvalue weighted by molar-refractivity contribution is -0.126. The smallest absolute Gasteiger partial charge is 0.368 e. The maximum Gasteiger partial charge on any atom is 0.406 e. The van der Waals surface area contributed by atoms with Crippen molar-refractivity contribution in [3.05, 3.63) is 29.7 Å². The van der Waals surface area contributed by atoms with Crippen LogP contribution in [0.2, 0.25) is 5.02 Å². The fourth-order valence-corrected chi connectivity index (χ4v) is 3.23. The Bertz CT molecular complexity index is 1040. The molecule has 29 heavy (non-hydrogen) atoms. The Morgan fingerprint density at radius 3 is 2.69 bits per heavy atom. The standard InChI is InChI=1S/C17H17ClF3N7O/c1-8(2)13(14(22)29)28(7-17(19,20)21)12-6-25-27-16(26-12)11-5-24-15-10(11)3-9(18)4-23-15/h3-6,8,13H,7H2,1-2H3,(H2,22,29)(H,23,24)/t13-/m1/s1. The first-order valence-electron chi connectivity index (χ1n) is 8.52. The van der Waals surface area contributed by atoms with Gasteiger partial charge in [-0.3, -0.25) is 4.79 Å². The largest absolute Gasteiger partial charge is 0.406 e. The Morgan fingerprint density at radius 1 is 1.34 bits per heavy atom. The van der Waals surface area contributed by atoms with Crippen LogP contribution in [-0.2, 0) is 4.79 Å². The number of carbonyl (C=O) groups excluding carboxylic acids is 1. The lowest BCUT2D eigenvalue weighted by Crippen LogP contribution is -2.52. The van der Waals surface area contributed by atoms with Crippen molar-refractivity contribution >= 4 is 34.4 Å². The Balaban J connectivity index is 2.10. The van der Waals surface area contributed by atoms with E-state index in [9.17, 15) is 18.0 Å². The molecule has 3 rings (SSSR count). The van der Waals surface area contributed by atoms with Crippen LogP contribution in [0.5, 0.6) is 0 Å². The molecule has 3 aromatic heterocycles. The molecule has 0 saturated carbocycles. The summed E-state index contributed by atoms with van der Waals surface area (Å²) in [6.45, 7) is 1.78. The van der Waals surface area contributed by atoms with Gasteiger partial charge in [0.15, 0.2) is 11.6 Å². The van der Waals surface area contributed by atoms with Crippen LogP contribution >= 0.6 is 11.6 Å². The summed E-state index contributed by atoms with van der Waals surface area (Å²) in [5.74, 6) is -1.51. The van der Waals surface area contributed by atoms with Crippen LogP contribution in [0.4, 0.5) is 19.0 Å². The van der Waals surface area contributed by atoms with E-state index in [0.717, 1.165) is 11.1 Å². The van der Waals surface area contributed by atoms with Gasteiger partial charge in [-0.1, -0.05) is 25.4 Å². The van der Waals surface area contributed by atoms with Crippen molar-refractivity contribution in [3.63, 3.8) is 0 Å². The van der Waals surface area contributed by atoms with E-state index in [-0.39, 0.29) is 11.6 Å². The molecule has 154 valence electrons. The zero-order valence-electron chi connectivity index (χ0n) is 15.4. The van der Waals surface area contributed by atoms with Crippen LogP contribution in [0.3, 0.4) is 0 Å². The number of H-pyrrole nitrogens is 1. The fourth-order valence-electron chi connectivity index (χ4n) is 3.07. The Kier molecular flexibility index (Phi) is 5.60. The molecule has 0 fully saturated rings. The van der Waals surface area contributed by atoms with Crippen LogP contribution in [0, 0.1) is 5.92 Å². The number of aromatic amines is 1. The monoisotopic (exact) mass is 427 g/mol. The topological polar surface area (TPSA) is 114 Å². The summed E-state index contributed by atoms with van der Waals surface area (Å²) in [5, 5.41) is 8.64. The second-order valence-corrected chi connectivity index (χ2v) is 7.16. The van der Waals surface area contributed by atoms with Crippen molar-refractivity contribution in [2.75, 3.05) is 11.4 Å². The van der Waals surface area contributed by atoms with Crippen LogP contribution in [-0.4, -0.2) is 49.8 Å². The molecule has 0 aliphatic rings. The molecule has 0 saturated heterocycles. The summed E-state index contributed by atoms with van der Waals surface area (Å²) in [6, 6.07) is 0.389. The third-order valence-electron chi connectivity index (χ3n) is 4.19. The van der Waals surface area contributed by atoms with Gasteiger partial charge in [-0.05, 0) is 12.0 Å². The lowest BCUT2D eigenvalue weighted by atomic mass is 10.0. The minimum Gasteiger partial charge on any atom is -0.368 e. The maximum atomic E-state index is 13.2. The van der Waals surface area contributed by atoms with Crippen LogP contribution < -0.4 is 10.6 Å². The lowest BCUT2D eigenvalue weighted by Gasteiger charge is -2.33. The molecule has 0 radical (unpaired) electrons. The summed E-state index contributed by atoms with van der Waals surface area (Å²) in [6.07, 6.45) is -0.526. The van der Waals surface area contributed by atoms with E-state index in [0.29, 0.717) is 21.6 Å². The number of rotatable bonds is 6. The Morgan fingerprint density at radius 2 is 2.07 bits per heavy atom. The number of primary amides is 1. The molecule has 0 aliphatic carbocycles. The van der Waals surface area contributed by atoms with Gasteiger partial charge in [0.05, 0.1) is 11.2 Å². The molecule has 3 heterocycles. The van der Waals surface area contributed by atoms with Crippen molar-refractivity contribution in [1.82, 2.24) is 25.1 Å². The highest BCUT2D eigenvalue weighted by Gasteiger charge is 2.38. The number of alkyl halides is 3. The van der Waals surface area contributed by atoms with E-state index in [2.05, 4.69) is 25.1 Å². The molecule has 0 spiro atoms. The number of amides is 1. The molecule has 0 aromatic carbocycles. The van der Waals surface area contributed by atoms with Crippen molar-refractivity contribution in [2.24, 2.45) is 11.7 Å². The van der Waals surface area contributed by atoms with Gasteiger partial charge in [-0.15, -0.1) is 5.10 Å². The van der Waals surface area contributed by atoms with Gasteiger partial charge in [0.1, 0.15) is 18.2 Å². The van der Waals surface area contributed by atoms with Crippen molar-refractivity contribution < 1.29 is 18.0 Å². The SMILES string of the molecule is CC(C)[C@H](C(N)=O)N(CC(F)(F)F)c1cnnc(-c2c[nH]c3ncc(Cl)cc23)n1. The zero-order chi connectivity index (χ0) is 21.3. The number of carbonyl (C=O) groups is 1. The van der Waals surface area contributed by atoms with E-state index < -0.39 is 30.6 Å². The van der Waals surface area contributed by atoms with Gasteiger partial charge >= 0.3 is 6.18 Å². The van der Waals surface area contributed by atoms with E-state index in [1.165, 1.54) is 6.20 Å². The van der Waals surface area contributed by atoms with Crippen molar-refractivity contribution in [2.45, 2.75) is 26.1 Å². The van der Waals surface area contributed by atoms with Crippen LogP contribution in [0.1, 0.15) is 13.8 Å². The molecule has 8 nitrogen and oxygen atoms in total. The first-order valence-corrected chi connectivity index (χ1v) is 8.90. The van der Waals surface area contributed by atoms with Gasteiger partial charge in [-0.25, -0.2) is 9.97 Å². The predicted molar refractivity (Wildman–Crippen MR) is 101 cm³/mol. The highest BCUT2D eigenvalue weighted by atomic mass is 35.5. The summed E-state index contributed by atoms with van der Waals surface area (Å²) >= 11 is 5.98. The molecule has 3 N–H and O–H groups in total. The molecule has 0 aliphatic heterocycles. The van der Waals surface area contributed by atoms with E-state index in [4.69, 9.17) is 17.3 Å². The summed E-state index contributed by atoms with van der Waals surface area (Å²) < 4.78 is 39.7. The van der Waals surface area contributed by atoms with E-state index >= 15 is 0 Å². The first kappa shape index (κ1) is 20.8. The molecule has 12 heteroatoms. The van der Waals surface area contributed by atoms with Crippen LogP contribution in [0.15, 0.2) is 24.7 Å². The average molecular weight is 428 g/mol. The number of hydrogen-bond donors (Lipinski definition) is 2. The number of nitrogens with one attached hydrogen (secondary N) is 1. The Labute approximate surface area is 168 Å². The van der Waals surface area contributed by atoms with Gasteiger partial charge in [0.25, 0.3) is 0 Å². The molecule has 0 bridgehead atoms. The van der Waals surface area contributed by atoms with E-state index in [1.54, 1.807) is 26.1 Å². The zero-order valence-corrected chi connectivity index (χ0v) is 16.2. The number of hydrogen-bond acceptors (Lipinski definition) is 6. The Hall–Kier alpha value is -2.95. The molecule has 1 atom stereocenters. The highest BCUT2D eigenvalue weighted by molar-refractivity contribution is 6.31. The number of aromatic nitrogens is 5. The van der Waals surface area contributed by atoms with Gasteiger partial charge in [-0.2, -0.15) is 18.3 Å².